The molecule has 3 N–H and O–H groups in total. The fourth-order valence-electron chi connectivity index (χ4n) is 3.27. The predicted molar refractivity (Wildman–Crippen MR) is 88.7 cm³/mol. The summed E-state index contributed by atoms with van der Waals surface area (Å²) in [6.45, 7) is 4.84. The monoisotopic (exact) mass is 320 g/mol. The van der Waals surface area contributed by atoms with Gasteiger partial charge >= 0.3 is 0 Å². The van der Waals surface area contributed by atoms with Crippen molar-refractivity contribution >= 4 is 27.7 Å². The molecule has 20 heavy (non-hydrogen) atoms. The molecule has 1 saturated heterocycles. The summed E-state index contributed by atoms with van der Waals surface area (Å²) in [5.74, 6) is 0.357. The molecule has 0 aromatic heterocycles. The van der Waals surface area contributed by atoms with E-state index in [-0.39, 0.29) is 11.7 Å². The second-order valence-electron chi connectivity index (χ2n) is 5.54. The lowest BCUT2D eigenvalue weighted by Crippen LogP contribution is -2.53. The van der Waals surface area contributed by atoms with Gasteiger partial charge in [-0.3, -0.25) is 9.69 Å². The largest absolute Gasteiger partial charge is 0.330 e. The number of carbonyl (C=O) groups is 1. The zero-order valence-corrected chi connectivity index (χ0v) is 14.4. The van der Waals surface area contributed by atoms with Crippen molar-refractivity contribution in [2.75, 3.05) is 13.6 Å². The van der Waals surface area contributed by atoms with Crippen molar-refractivity contribution in [2.45, 2.75) is 63.3 Å². The van der Waals surface area contributed by atoms with E-state index in [1.54, 1.807) is 0 Å². The summed E-state index contributed by atoms with van der Waals surface area (Å²) < 4.78 is 9.34. The van der Waals surface area contributed by atoms with E-state index in [0.29, 0.717) is 23.7 Å². The fourth-order valence-corrected chi connectivity index (χ4v) is 5.35. The number of Topliss-reactive ketones (excluding diaryl/α,β-unsaturated/α-hetero) is 1. The molecule has 1 heterocycles. The molecule has 3 atom stereocenters. The van der Waals surface area contributed by atoms with E-state index in [9.17, 15) is 9.35 Å². The molecule has 0 bridgehead atoms. The van der Waals surface area contributed by atoms with E-state index in [1.807, 2.05) is 14.0 Å². The Morgan fingerprint density at radius 3 is 2.65 bits per heavy atom. The van der Waals surface area contributed by atoms with Crippen molar-refractivity contribution < 1.29 is 9.35 Å². The summed E-state index contributed by atoms with van der Waals surface area (Å²) in [6.07, 6.45) is 5.51. The Morgan fingerprint density at radius 1 is 1.45 bits per heavy atom. The molecule has 0 saturated carbocycles. The highest BCUT2D eigenvalue weighted by Gasteiger charge is 2.48. The maximum Gasteiger partial charge on any atom is 0.167 e. The van der Waals surface area contributed by atoms with Crippen molar-refractivity contribution in [3.8, 4) is 0 Å². The second-order valence-corrected chi connectivity index (χ2v) is 7.48. The van der Waals surface area contributed by atoms with Crippen LogP contribution in [-0.4, -0.2) is 39.7 Å². The first kappa shape index (κ1) is 18.3. The number of rotatable bonds is 7. The Balaban J connectivity index is 3.06. The molecule has 1 aliphatic heterocycles. The summed E-state index contributed by atoms with van der Waals surface area (Å²) in [7, 11) is 3.33. The maximum absolute atomic E-state index is 13.0. The first-order valence-electron chi connectivity index (χ1n) is 7.53. The third-order valence-electron chi connectivity index (χ3n) is 4.60. The fraction of sp³-hybridized carbons (Fsp3) is 0.929. The number of likely N-dealkylation sites (tertiary alicyclic amines) is 1. The summed E-state index contributed by atoms with van der Waals surface area (Å²) in [5.41, 5.74) is 5.60. The minimum absolute atomic E-state index is 0.0807. The number of hydrogen-bond donors (Lipinski definition) is 2. The summed E-state index contributed by atoms with van der Waals surface area (Å²) in [6, 6.07) is 0.404. The van der Waals surface area contributed by atoms with Crippen LogP contribution in [0.15, 0.2) is 0 Å². The van der Waals surface area contributed by atoms with Gasteiger partial charge in [-0.05, 0) is 62.9 Å². The minimum Gasteiger partial charge on any atom is -0.330 e. The number of hydrogen-bond acceptors (Lipinski definition) is 6. The van der Waals surface area contributed by atoms with Crippen molar-refractivity contribution in [2.24, 2.45) is 11.7 Å². The van der Waals surface area contributed by atoms with Gasteiger partial charge in [-0.25, -0.2) is 0 Å². The molecule has 1 fully saturated rings. The quantitative estimate of drug-likeness (QED) is 0.554. The lowest BCUT2D eigenvalue weighted by molar-refractivity contribution is -0.129. The van der Waals surface area contributed by atoms with Gasteiger partial charge in [-0.2, -0.15) is 0 Å². The summed E-state index contributed by atoms with van der Waals surface area (Å²) in [4.78, 5) is 14.6. The van der Waals surface area contributed by atoms with E-state index in [2.05, 4.69) is 11.8 Å². The average molecular weight is 321 g/mol. The maximum atomic E-state index is 13.0. The zero-order valence-electron chi connectivity index (χ0n) is 12.8. The molecule has 1 rings (SSSR count). The van der Waals surface area contributed by atoms with E-state index >= 15 is 0 Å². The molecule has 0 aromatic rings. The smallest absolute Gasteiger partial charge is 0.167 e. The molecular formula is C14H28N2O2S2. The van der Waals surface area contributed by atoms with Gasteiger partial charge in [0.1, 0.15) is 4.87 Å². The van der Waals surface area contributed by atoms with Crippen LogP contribution in [0.2, 0.25) is 0 Å². The molecule has 0 aromatic carbocycles. The van der Waals surface area contributed by atoms with Gasteiger partial charge in [0.2, 0.25) is 0 Å². The highest BCUT2D eigenvalue weighted by atomic mass is 33.1. The SMILES string of the molecule is CCC1CCC(CCCN)C(=O)[C@](CC)(SSO)N1C. The van der Waals surface area contributed by atoms with E-state index in [0.717, 1.165) is 38.5 Å². The Kier molecular flexibility index (Phi) is 7.90. The molecule has 1 aliphatic rings. The highest BCUT2D eigenvalue weighted by Crippen LogP contribution is 2.46. The number of likely N-dealkylation sites (N-methyl/N-ethyl adjacent to an activating group) is 1. The van der Waals surface area contributed by atoms with Crippen LogP contribution < -0.4 is 5.73 Å². The van der Waals surface area contributed by atoms with Crippen LogP contribution >= 0.6 is 21.9 Å². The van der Waals surface area contributed by atoms with E-state index < -0.39 is 4.87 Å². The number of ketones is 1. The van der Waals surface area contributed by atoms with E-state index in [1.165, 1.54) is 10.8 Å². The molecule has 0 spiro atoms. The highest BCUT2D eigenvalue weighted by molar-refractivity contribution is 8.75. The molecule has 0 aliphatic carbocycles. The van der Waals surface area contributed by atoms with Gasteiger partial charge in [0, 0.05) is 12.0 Å². The van der Waals surface area contributed by atoms with Crippen LogP contribution in [0.1, 0.15) is 52.4 Å². The second kappa shape index (κ2) is 8.63. The van der Waals surface area contributed by atoms with Crippen LogP contribution in [0.4, 0.5) is 0 Å². The number of nitrogens with zero attached hydrogens (tertiary/aromatic N) is 1. The Hall–Kier alpha value is 0.250. The van der Waals surface area contributed by atoms with Crippen LogP contribution in [0.25, 0.3) is 0 Å². The van der Waals surface area contributed by atoms with Gasteiger partial charge in [-0.1, -0.05) is 13.8 Å². The summed E-state index contributed by atoms with van der Waals surface area (Å²) >= 11 is 0.716. The Labute approximate surface area is 130 Å². The lowest BCUT2D eigenvalue weighted by atomic mass is 9.89. The number of nitrogens with two attached hydrogens (primary N) is 1. The average Bonchev–Trinajstić information content (AvgIpc) is 2.55. The van der Waals surface area contributed by atoms with Crippen LogP contribution in [0, 0.1) is 5.92 Å². The number of carbonyl (C=O) groups excluding carboxylic acids is 1. The van der Waals surface area contributed by atoms with Crippen molar-refractivity contribution in [3.05, 3.63) is 0 Å². The van der Waals surface area contributed by atoms with E-state index in [4.69, 9.17) is 5.73 Å². The third kappa shape index (κ3) is 3.71. The third-order valence-corrected chi connectivity index (χ3v) is 6.78. The molecule has 0 amide bonds. The predicted octanol–water partition coefficient (Wildman–Crippen LogP) is 3.38. The Morgan fingerprint density at radius 2 is 2.15 bits per heavy atom. The van der Waals surface area contributed by atoms with Gasteiger partial charge in [0.05, 0.1) is 11.1 Å². The van der Waals surface area contributed by atoms with Crippen LogP contribution in [0.5, 0.6) is 0 Å². The van der Waals surface area contributed by atoms with Crippen molar-refractivity contribution in [3.63, 3.8) is 0 Å². The molecule has 0 radical (unpaired) electrons. The van der Waals surface area contributed by atoms with Crippen LogP contribution in [-0.2, 0) is 4.79 Å². The van der Waals surface area contributed by atoms with Gasteiger partial charge < -0.3 is 10.3 Å². The topological polar surface area (TPSA) is 66.6 Å². The molecule has 6 heteroatoms. The standard InChI is InChI=1S/C14H28N2O2S2/c1-4-12-9-8-11(7-6-10-15)13(17)14(5-2,16(12)3)19-20-18/h11-12,18H,4-10,15H2,1-3H3/t11?,12?,14-/m0/s1. The van der Waals surface area contributed by atoms with Crippen molar-refractivity contribution in [1.82, 2.24) is 4.90 Å². The van der Waals surface area contributed by atoms with Gasteiger partial charge in [0.15, 0.2) is 5.78 Å². The normalized spacial score (nSPS) is 32.4. The molecule has 4 nitrogen and oxygen atoms in total. The first-order chi connectivity index (χ1) is 9.57. The summed E-state index contributed by atoms with van der Waals surface area (Å²) in [5, 5.41) is 0. The minimum atomic E-state index is -0.601. The lowest BCUT2D eigenvalue weighted by Gasteiger charge is -2.41. The van der Waals surface area contributed by atoms with Gasteiger partial charge in [0.25, 0.3) is 0 Å². The first-order valence-corrected chi connectivity index (χ1v) is 9.64. The molecule has 2 unspecified atom stereocenters. The zero-order chi connectivity index (χ0) is 15.2. The Bertz CT molecular complexity index is 318. The van der Waals surface area contributed by atoms with Gasteiger partial charge in [-0.15, -0.1) is 0 Å². The van der Waals surface area contributed by atoms with Crippen LogP contribution in [0.3, 0.4) is 0 Å². The van der Waals surface area contributed by atoms with Crippen molar-refractivity contribution in [1.29, 1.82) is 0 Å². The molecule has 118 valence electrons. The molecular weight excluding hydrogens is 292 g/mol.